The third-order valence-corrected chi connectivity index (χ3v) is 5.83. The van der Waals surface area contributed by atoms with Gasteiger partial charge in [-0.1, -0.05) is 17.7 Å². The van der Waals surface area contributed by atoms with Gasteiger partial charge in [0.15, 0.2) is 0 Å². The highest BCUT2D eigenvalue weighted by atomic mass is 35.5. The smallest absolute Gasteiger partial charge is 0.294 e. The summed E-state index contributed by atoms with van der Waals surface area (Å²) in [5, 5.41) is 12.8. The Morgan fingerprint density at radius 1 is 1.21 bits per heavy atom. The van der Waals surface area contributed by atoms with Crippen LogP contribution in [0.5, 0.6) is 0 Å². The van der Waals surface area contributed by atoms with Crippen molar-refractivity contribution in [2.75, 3.05) is 11.9 Å². The Bertz CT molecular complexity index is 1370. The minimum Gasteiger partial charge on any atom is -0.457 e. The molecule has 0 atom stereocenters. The molecule has 1 saturated heterocycles. The summed E-state index contributed by atoms with van der Waals surface area (Å²) in [6.45, 7) is -0.541. The Kier molecular flexibility index (Phi) is 6.48. The first-order valence-electron chi connectivity index (χ1n) is 9.56. The fourth-order valence-electron chi connectivity index (χ4n) is 3.07. The fraction of sp³-hybridized carbons (Fsp3) is 0.0455. The van der Waals surface area contributed by atoms with Crippen LogP contribution in [0.2, 0.25) is 5.02 Å². The molecule has 0 spiro atoms. The number of furan rings is 1. The maximum Gasteiger partial charge on any atom is 0.294 e. The number of nitro benzene ring substituents is 1. The number of non-ortho nitro benzene ring substituents is 1. The molecule has 1 aliphatic heterocycles. The topological polar surface area (TPSA) is 123 Å². The molecule has 0 bridgehead atoms. The number of rotatable bonds is 6. The zero-order chi connectivity index (χ0) is 24.4. The van der Waals surface area contributed by atoms with Crippen LogP contribution in [-0.2, 0) is 9.59 Å². The minimum absolute atomic E-state index is 0.0410. The first kappa shape index (κ1) is 23.2. The predicted molar refractivity (Wildman–Crippen MR) is 124 cm³/mol. The van der Waals surface area contributed by atoms with E-state index in [4.69, 9.17) is 16.0 Å². The summed E-state index contributed by atoms with van der Waals surface area (Å²) in [6.07, 6.45) is 1.35. The zero-order valence-corrected chi connectivity index (χ0v) is 18.6. The molecule has 2 heterocycles. The van der Waals surface area contributed by atoms with Gasteiger partial charge in [0.2, 0.25) is 5.91 Å². The van der Waals surface area contributed by atoms with Gasteiger partial charge in [0, 0.05) is 29.5 Å². The molecular formula is C22H13ClFN3O6S. The van der Waals surface area contributed by atoms with Gasteiger partial charge in [0.25, 0.3) is 16.8 Å². The molecule has 2 aromatic carbocycles. The number of nitro groups is 1. The van der Waals surface area contributed by atoms with Gasteiger partial charge < -0.3 is 9.73 Å². The molecule has 3 aromatic rings. The van der Waals surface area contributed by atoms with Crippen molar-refractivity contribution in [2.24, 2.45) is 0 Å². The predicted octanol–water partition coefficient (Wildman–Crippen LogP) is 5.32. The van der Waals surface area contributed by atoms with Crippen molar-refractivity contribution in [3.8, 4) is 11.3 Å². The van der Waals surface area contributed by atoms with Gasteiger partial charge in [0.05, 0.1) is 14.9 Å². The van der Waals surface area contributed by atoms with E-state index in [1.54, 1.807) is 6.07 Å². The van der Waals surface area contributed by atoms with E-state index in [-0.39, 0.29) is 27.1 Å². The molecule has 172 valence electrons. The number of nitrogens with one attached hydrogen (secondary N) is 1. The monoisotopic (exact) mass is 501 g/mol. The Morgan fingerprint density at radius 3 is 2.71 bits per heavy atom. The second kappa shape index (κ2) is 9.49. The normalized spacial score (nSPS) is 14.6. The molecule has 1 aromatic heterocycles. The second-order valence-corrected chi connectivity index (χ2v) is 8.35. The standard InChI is InChI=1S/C22H13ClFN3O6S/c23-17-9-14(27(31)32)4-6-16(17)18-7-5-15(33-18)10-19-21(29)26(22(30)34-19)11-20(28)25-13-3-1-2-12(24)8-13/h1-10H,11H2,(H,25,28)/b19-10+. The van der Waals surface area contributed by atoms with Crippen molar-refractivity contribution in [3.63, 3.8) is 0 Å². The van der Waals surface area contributed by atoms with Crippen LogP contribution in [0.25, 0.3) is 17.4 Å². The highest BCUT2D eigenvalue weighted by molar-refractivity contribution is 8.18. The highest BCUT2D eigenvalue weighted by Gasteiger charge is 2.36. The summed E-state index contributed by atoms with van der Waals surface area (Å²) in [7, 11) is 0. The van der Waals surface area contributed by atoms with Crippen LogP contribution in [0.15, 0.2) is 63.9 Å². The molecule has 0 unspecified atom stereocenters. The third-order valence-electron chi connectivity index (χ3n) is 4.61. The van der Waals surface area contributed by atoms with E-state index < -0.39 is 34.3 Å². The number of benzene rings is 2. The second-order valence-electron chi connectivity index (χ2n) is 6.95. The lowest BCUT2D eigenvalue weighted by Gasteiger charge is -2.12. The van der Waals surface area contributed by atoms with Gasteiger partial charge in [-0.3, -0.25) is 29.4 Å². The van der Waals surface area contributed by atoms with Crippen LogP contribution in [0.4, 0.5) is 20.6 Å². The van der Waals surface area contributed by atoms with Gasteiger partial charge in [0.1, 0.15) is 23.9 Å². The van der Waals surface area contributed by atoms with Crippen molar-refractivity contribution in [1.82, 2.24) is 4.90 Å². The van der Waals surface area contributed by atoms with Gasteiger partial charge in [-0.2, -0.15) is 0 Å². The lowest BCUT2D eigenvalue weighted by atomic mass is 10.1. The van der Waals surface area contributed by atoms with Crippen LogP contribution in [0.1, 0.15) is 5.76 Å². The fourth-order valence-corrected chi connectivity index (χ4v) is 4.15. The molecule has 1 N–H and O–H groups in total. The summed E-state index contributed by atoms with van der Waals surface area (Å²) in [5.74, 6) is -1.35. The Labute approximate surface area is 200 Å². The van der Waals surface area contributed by atoms with Crippen LogP contribution in [0, 0.1) is 15.9 Å². The number of nitrogens with zero attached hydrogens (tertiary/aromatic N) is 2. The number of halogens is 2. The lowest BCUT2D eigenvalue weighted by Crippen LogP contribution is -2.36. The third kappa shape index (κ3) is 5.00. The van der Waals surface area contributed by atoms with Crippen LogP contribution < -0.4 is 5.32 Å². The van der Waals surface area contributed by atoms with Crippen molar-refractivity contribution < 1.29 is 28.1 Å². The maximum atomic E-state index is 13.3. The molecule has 12 heteroatoms. The van der Waals surface area contributed by atoms with E-state index in [2.05, 4.69) is 5.32 Å². The molecule has 3 amide bonds. The first-order valence-corrected chi connectivity index (χ1v) is 10.8. The van der Waals surface area contributed by atoms with Crippen molar-refractivity contribution in [2.45, 2.75) is 0 Å². The van der Waals surface area contributed by atoms with E-state index in [1.165, 1.54) is 48.5 Å². The highest BCUT2D eigenvalue weighted by Crippen LogP contribution is 2.35. The number of amides is 3. The Morgan fingerprint density at radius 2 is 2.00 bits per heavy atom. The average Bonchev–Trinajstić information content (AvgIpc) is 3.34. The molecule has 34 heavy (non-hydrogen) atoms. The van der Waals surface area contributed by atoms with E-state index in [0.29, 0.717) is 23.1 Å². The number of thioether (sulfide) groups is 1. The molecule has 9 nitrogen and oxygen atoms in total. The van der Waals surface area contributed by atoms with E-state index >= 15 is 0 Å². The summed E-state index contributed by atoms with van der Waals surface area (Å²) in [5.41, 5.74) is 0.435. The number of hydrogen-bond donors (Lipinski definition) is 1. The van der Waals surface area contributed by atoms with Gasteiger partial charge in [-0.25, -0.2) is 4.39 Å². The largest absolute Gasteiger partial charge is 0.457 e. The maximum absolute atomic E-state index is 13.3. The quantitative estimate of drug-likeness (QED) is 0.275. The summed E-state index contributed by atoms with van der Waals surface area (Å²) in [4.78, 5) is 48.2. The van der Waals surface area contributed by atoms with E-state index in [9.17, 15) is 28.9 Å². The number of carbonyl (C=O) groups is 3. The number of hydrogen-bond acceptors (Lipinski definition) is 7. The van der Waals surface area contributed by atoms with Crippen LogP contribution >= 0.6 is 23.4 Å². The SMILES string of the molecule is O=C(CN1C(=O)S/C(=C/c2ccc(-c3ccc([N+](=O)[O-])cc3Cl)o2)C1=O)Nc1cccc(F)c1. The van der Waals surface area contributed by atoms with Gasteiger partial charge in [-0.15, -0.1) is 0 Å². The van der Waals surface area contributed by atoms with Crippen molar-refractivity contribution >= 4 is 57.9 Å². The summed E-state index contributed by atoms with van der Waals surface area (Å²) >= 11 is 6.75. The van der Waals surface area contributed by atoms with Crippen molar-refractivity contribution in [1.29, 1.82) is 0 Å². The summed E-state index contributed by atoms with van der Waals surface area (Å²) in [6, 6.07) is 12.2. The molecule has 4 rings (SSSR count). The van der Waals surface area contributed by atoms with E-state index in [1.807, 2.05) is 0 Å². The first-order chi connectivity index (χ1) is 16.2. The van der Waals surface area contributed by atoms with E-state index in [0.717, 1.165) is 11.0 Å². The Hall–Kier alpha value is -3.96. The molecule has 0 aliphatic carbocycles. The Balaban J connectivity index is 1.47. The van der Waals surface area contributed by atoms with Gasteiger partial charge in [-0.05, 0) is 48.2 Å². The van der Waals surface area contributed by atoms with Crippen LogP contribution in [-0.4, -0.2) is 33.4 Å². The van der Waals surface area contributed by atoms with Gasteiger partial charge >= 0.3 is 0 Å². The number of carbonyl (C=O) groups excluding carboxylic acids is 3. The minimum atomic E-state index is -0.685. The summed E-state index contributed by atoms with van der Waals surface area (Å²) < 4.78 is 18.9. The van der Waals surface area contributed by atoms with Crippen molar-refractivity contribution in [3.05, 3.63) is 86.2 Å². The number of anilines is 1. The molecule has 0 saturated carbocycles. The molecule has 0 radical (unpaired) electrons. The zero-order valence-electron chi connectivity index (χ0n) is 17.0. The lowest BCUT2D eigenvalue weighted by molar-refractivity contribution is -0.384. The average molecular weight is 502 g/mol. The molecule has 1 aliphatic rings. The molecular weight excluding hydrogens is 489 g/mol. The number of imide groups is 1. The van der Waals surface area contributed by atoms with Crippen LogP contribution in [0.3, 0.4) is 0 Å². The molecule has 1 fully saturated rings.